The van der Waals surface area contributed by atoms with Crippen LogP contribution in [0.2, 0.25) is 0 Å². The zero-order valence-corrected chi connectivity index (χ0v) is 8.54. The number of carboxylic acids is 1. The van der Waals surface area contributed by atoms with Crippen molar-refractivity contribution in [2.75, 3.05) is 0 Å². The van der Waals surface area contributed by atoms with E-state index in [-0.39, 0.29) is 6.04 Å². The molecule has 0 aromatic heterocycles. The molecule has 0 radical (unpaired) electrons. The summed E-state index contributed by atoms with van der Waals surface area (Å²) in [5.41, 5.74) is 0. The molecule has 0 bridgehead atoms. The molecule has 14 heavy (non-hydrogen) atoms. The normalized spacial score (nSPS) is 26.0. The number of hydrogen-bond donors (Lipinski definition) is 2. The van der Waals surface area contributed by atoms with Crippen LogP contribution in [0.5, 0.6) is 0 Å². The highest BCUT2D eigenvalue weighted by molar-refractivity contribution is 5.74. The van der Waals surface area contributed by atoms with Gasteiger partial charge in [0.05, 0.1) is 0 Å². The van der Waals surface area contributed by atoms with Gasteiger partial charge in [0, 0.05) is 6.04 Å². The first-order chi connectivity index (χ1) is 6.77. The maximum atomic E-state index is 11.0. The van der Waals surface area contributed by atoms with E-state index in [9.17, 15) is 4.79 Å². The van der Waals surface area contributed by atoms with Crippen molar-refractivity contribution >= 4 is 5.97 Å². The van der Waals surface area contributed by atoms with Crippen LogP contribution in [-0.4, -0.2) is 23.2 Å². The van der Waals surface area contributed by atoms with Crippen molar-refractivity contribution in [1.29, 1.82) is 0 Å². The molecule has 0 aliphatic heterocycles. The third-order valence-corrected chi connectivity index (χ3v) is 3.38. The molecule has 80 valence electrons. The number of carboxylic acid groups (broad SMARTS) is 1. The first-order valence-corrected chi connectivity index (χ1v) is 5.76. The van der Waals surface area contributed by atoms with Gasteiger partial charge in [-0.3, -0.25) is 4.79 Å². The molecule has 2 saturated carbocycles. The van der Waals surface area contributed by atoms with Gasteiger partial charge >= 0.3 is 5.97 Å². The Morgan fingerprint density at radius 1 is 1.14 bits per heavy atom. The summed E-state index contributed by atoms with van der Waals surface area (Å²) < 4.78 is 0. The molecule has 0 aromatic rings. The van der Waals surface area contributed by atoms with Gasteiger partial charge in [0.2, 0.25) is 0 Å². The van der Waals surface area contributed by atoms with Gasteiger partial charge in [-0.1, -0.05) is 19.3 Å². The smallest absolute Gasteiger partial charge is 0.320 e. The molecule has 2 rings (SSSR count). The molecule has 0 heterocycles. The Kier molecular flexibility index (Phi) is 3.06. The van der Waals surface area contributed by atoms with E-state index in [4.69, 9.17) is 5.11 Å². The second-order valence-electron chi connectivity index (χ2n) is 4.65. The van der Waals surface area contributed by atoms with Crippen molar-refractivity contribution in [2.45, 2.75) is 57.0 Å². The van der Waals surface area contributed by atoms with Crippen molar-refractivity contribution in [2.24, 2.45) is 5.92 Å². The highest BCUT2D eigenvalue weighted by atomic mass is 16.4. The lowest BCUT2D eigenvalue weighted by Gasteiger charge is -2.26. The maximum absolute atomic E-state index is 11.0. The Balaban J connectivity index is 1.82. The summed E-state index contributed by atoms with van der Waals surface area (Å²) in [4.78, 5) is 11.0. The second kappa shape index (κ2) is 4.30. The van der Waals surface area contributed by atoms with Crippen LogP contribution in [-0.2, 0) is 4.79 Å². The van der Waals surface area contributed by atoms with Gasteiger partial charge < -0.3 is 10.4 Å². The lowest BCUT2D eigenvalue weighted by molar-refractivity contribution is -0.140. The van der Waals surface area contributed by atoms with Gasteiger partial charge in [-0.15, -0.1) is 0 Å². The average Bonchev–Trinajstić information content (AvgIpc) is 2.99. The summed E-state index contributed by atoms with van der Waals surface area (Å²) in [5, 5.41) is 12.4. The van der Waals surface area contributed by atoms with Crippen LogP contribution in [0.4, 0.5) is 0 Å². The van der Waals surface area contributed by atoms with E-state index < -0.39 is 5.97 Å². The van der Waals surface area contributed by atoms with E-state index in [2.05, 4.69) is 5.32 Å². The quantitative estimate of drug-likeness (QED) is 0.722. The summed E-state index contributed by atoms with van der Waals surface area (Å²) in [6.07, 6.45) is 8.35. The Morgan fingerprint density at radius 3 is 2.29 bits per heavy atom. The van der Waals surface area contributed by atoms with Crippen LogP contribution in [0, 0.1) is 5.92 Å². The van der Waals surface area contributed by atoms with Gasteiger partial charge in [0.1, 0.15) is 6.04 Å². The van der Waals surface area contributed by atoms with E-state index in [0.717, 1.165) is 25.7 Å². The molecule has 2 aliphatic rings. The molecule has 0 spiro atoms. The minimum atomic E-state index is -0.655. The van der Waals surface area contributed by atoms with E-state index in [1.54, 1.807) is 0 Å². The lowest BCUT2D eigenvalue weighted by Crippen LogP contribution is -2.45. The molecule has 2 aliphatic carbocycles. The Morgan fingerprint density at radius 2 is 1.79 bits per heavy atom. The molecular formula is C11H19NO2. The molecule has 1 atom stereocenters. The van der Waals surface area contributed by atoms with E-state index in [1.165, 1.54) is 19.3 Å². The first-order valence-electron chi connectivity index (χ1n) is 5.76. The molecular weight excluding hydrogens is 178 g/mol. The third-order valence-electron chi connectivity index (χ3n) is 3.38. The fraction of sp³-hybridized carbons (Fsp3) is 0.909. The van der Waals surface area contributed by atoms with Crippen molar-refractivity contribution in [3.63, 3.8) is 0 Å². The second-order valence-corrected chi connectivity index (χ2v) is 4.65. The van der Waals surface area contributed by atoms with E-state index in [0.29, 0.717) is 12.0 Å². The lowest BCUT2D eigenvalue weighted by atomic mass is 9.94. The van der Waals surface area contributed by atoms with Gasteiger partial charge in [-0.2, -0.15) is 0 Å². The molecule has 1 unspecified atom stereocenters. The highest BCUT2D eigenvalue weighted by Crippen LogP contribution is 2.33. The number of rotatable bonds is 4. The van der Waals surface area contributed by atoms with Crippen LogP contribution < -0.4 is 5.32 Å². The topological polar surface area (TPSA) is 49.3 Å². The van der Waals surface area contributed by atoms with Crippen molar-refractivity contribution < 1.29 is 9.90 Å². The maximum Gasteiger partial charge on any atom is 0.320 e. The van der Waals surface area contributed by atoms with Gasteiger partial charge in [-0.25, -0.2) is 0 Å². The summed E-state index contributed by atoms with van der Waals surface area (Å²) >= 11 is 0. The Hall–Kier alpha value is -0.570. The molecule has 0 amide bonds. The van der Waals surface area contributed by atoms with E-state index >= 15 is 0 Å². The standard InChI is InChI=1S/C11H19NO2/c13-11(14)10(8-6-7-8)12-9-4-2-1-3-5-9/h8-10,12H,1-7H2,(H,13,14). The van der Waals surface area contributed by atoms with Crippen molar-refractivity contribution in [3.8, 4) is 0 Å². The van der Waals surface area contributed by atoms with Crippen LogP contribution >= 0.6 is 0 Å². The predicted molar refractivity (Wildman–Crippen MR) is 54.2 cm³/mol. The first kappa shape index (κ1) is 9.97. The molecule has 3 heteroatoms. The molecule has 0 saturated heterocycles. The minimum Gasteiger partial charge on any atom is -0.480 e. The summed E-state index contributed by atoms with van der Waals surface area (Å²) in [6.45, 7) is 0. The highest BCUT2D eigenvalue weighted by Gasteiger charge is 2.37. The Labute approximate surface area is 84.9 Å². The fourth-order valence-electron chi connectivity index (χ4n) is 2.36. The molecule has 0 aromatic carbocycles. The summed E-state index contributed by atoms with van der Waals surface area (Å²) in [5.74, 6) is -0.243. The van der Waals surface area contributed by atoms with Gasteiger partial charge in [0.15, 0.2) is 0 Å². The van der Waals surface area contributed by atoms with Gasteiger partial charge in [-0.05, 0) is 31.6 Å². The SMILES string of the molecule is O=C(O)C(NC1CCCCC1)C1CC1. The Bertz CT molecular complexity index is 207. The van der Waals surface area contributed by atoms with Crippen LogP contribution in [0.3, 0.4) is 0 Å². The molecule has 2 fully saturated rings. The molecule has 3 nitrogen and oxygen atoms in total. The van der Waals surface area contributed by atoms with Gasteiger partial charge in [0.25, 0.3) is 0 Å². The largest absolute Gasteiger partial charge is 0.480 e. The minimum absolute atomic E-state index is 0.266. The molecule has 2 N–H and O–H groups in total. The summed E-state index contributed by atoms with van der Waals surface area (Å²) in [7, 11) is 0. The zero-order chi connectivity index (χ0) is 9.97. The number of hydrogen-bond acceptors (Lipinski definition) is 2. The average molecular weight is 197 g/mol. The number of nitrogens with one attached hydrogen (secondary N) is 1. The van der Waals surface area contributed by atoms with Crippen molar-refractivity contribution in [3.05, 3.63) is 0 Å². The summed E-state index contributed by atoms with van der Waals surface area (Å²) in [6, 6.07) is 0.198. The zero-order valence-electron chi connectivity index (χ0n) is 8.54. The number of carbonyl (C=O) groups is 1. The van der Waals surface area contributed by atoms with Crippen LogP contribution in [0.15, 0.2) is 0 Å². The monoisotopic (exact) mass is 197 g/mol. The van der Waals surface area contributed by atoms with E-state index in [1.807, 2.05) is 0 Å². The number of aliphatic carboxylic acids is 1. The predicted octanol–water partition coefficient (Wildman–Crippen LogP) is 1.77. The van der Waals surface area contributed by atoms with Crippen molar-refractivity contribution in [1.82, 2.24) is 5.32 Å². The third kappa shape index (κ3) is 2.47. The fourth-order valence-corrected chi connectivity index (χ4v) is 2.36. The van der Waals surface area contributed by atoms with Crippen LogP contribution in [0.25, 0.3) is 0 Å². The van der Waals surface area contributed by atoms with Crippen LogP contribution in [0.1, 0.15) is 44.9 Å².